The SMILES string of the molecule is O=C1CC2(CCN(C(=O)O[C@H](Cc3cc(Cl)c(O)c(C(F)(F)F)c3)C(=O)N3CCC(N4CCCC4)CC3)CC2)c2ccccc2N1. The van der Waals surface area contributed by atoms with Crippen LogP contribution >= 0.6 is 11.6 Å². The molecule has 0 saturated carbocycles. The quantitative estimate of drug-likeness (QED) is 0.434. The fourth-order valence-electron chi connectivity index (χ4n) is 7.56. The lowest BCUT2D eigenvalue weighted by atomic mass is 9.68. The second kappa shape index (κ2) is 12.9. The van der Waals surface area contributed by atoms with Crippen molar-refractivity contribution in [3.8, 4) is 5.75 Å². The van der Waals surface area contributed by atoms with Crippen LogP contribution in [0.5, 0.6) is 5.75 Å². The second-order valence-corrected chi connectivity index (χ2v) is 13.3. The molecule has 3 fully saturated rings. The molecule has 2 aromatic carbocycles. The van der Waals surface area contributed by atoms with Crippen molar-refractivity contribution in [2.75, 3.05) is 44.6 Å². The minimum atomic E-state index is -4.88. The van der Waals surface area contributed by atoms with Gasteiger partial charge in [-0.15, -0.1) is 0 Å². The summed E-state index contributed by atoms with van der Waals surface area (Å²) in [7, 11) is 0. The Morgan fingerprint density at radius 2 is 1.70 bits per heavy atom. The van der Waals surface area contributed by atoms with Gasteiger partial charge in [-0.1, -0.05) is 29.8 Å². The fraction of sp³-hybridized carbons (Fsp3) is 0.545. The summed E-state index contributed by atoms with van der Waals surface area (Å²) in [5, 5.41) is 12.4. The molecule has 13 heteroatoms. The van der Waals surface area contributed by atoms with E-state index in [9.17, 15) is 32.7 Å². The van der Waals surface area contributed by atoms with Gasteiger partial charge in [0, 0.05) is 56.2 Å². The first-order valence-corrected chi connectivity index (χ1v) is 16.3. The van der Waals surface area contributed by atoms with Gasteiger partial charge >= 0.3 is 12.3 Å². The molecule has 3 amide bonds. The van der Waals surface area contributed by atoms with E-state index in [1.54, 1.807) is 4.90 Å². The van der Waals surface area contributed by atoms with Gasteiger partial charge in [0.1, 0.15) is 5.75 Å². The summed E-state index contributed by atoms with van der Waals surface area (Å²) in [6, 6.07) is 9.89. The minimum Gasteiger partial charge on any atom is -0.506 e. The molecule has 0 radical (unpaired) electrons. The molecule has 0 aromatic heterocycles. The highest BCUT2D eigenvalue weighted by molar-refractivity contribution is 6.32. The van der Waals surface area contributed by atoms with Gasteiger partial charge in [0.15, 0.2) is 6.10 Å². The average molecular weight is 663 g/mol. The molecule has 4 aliphatic rings. The van der Waals surface area contributed by atoms with Crippen molar-refractivity contribution in [1.82, 2.24) is 14.7 Å². The topological polar surface area (TPSA) is 102 Å². The summed E-state index contributed by atoms with van der Waals surface area (Å²) in [6.07, 6.45) is -2.20. The molecule has 2 aromatic rings. The van der Waals surface area contributed by atoms with Crippen molar-refractivity contribution in [3.63, 3.8) is 0 Å². The summed E-state index contributed by atoms with van der Waals surface area (Å²) >= 11 is 5.97. The molecule has 3 saturated heterocycles. The van der Waals surface area contributed by atoms with Crippen molar-refractivity contribution in [2.24, 2.45) is 0 Å². The normalized spacial score (nSPS) is 21.2. The number of amides is 3. The third kappa shape index (κ3) is 6.64. The van der Waals surface area contributed by atoms with Gasteiger partial charge in [0.25, 0.3) is 5.91 Å². The molecule has 1 atom stereocenters. The lowest BCUT2D eigenvalue weighted by Crippen LogP contribution is -2.52. The number of carbonyl (C=O) groups excluding carboxylic acids is 3. The molecule has 0 unspecified atom stereocenters. The maximum atomic E-state index is 13.9. The number of nitrogens with zero attached hydrogens (tertiary/aromatic N) is 3. The molecule has 0 bridgehead atoms. The molecule has 2 N–H and O–H groups in total. The van der Waals surface area contributed by atoms with Crippen LogP contribution in [0.15, 0.2) is 36.4 Å². The number of likely N-dealkylation sites (tertiary alicyclic amines) is 3. The van der Waals surface area contributed by atoms with Gasteiger partial charge < -0.3 is 29.9 Å². The predicted octanol–water partition coefficient (Wildman–Crippen LogP) is 5.57. The van der Waals surface area contributed by atoms with E-state index < -0.39 is 46.0 Å². The molecule has 1 spiro atoms. The van der Waals surface area contributed by atoms with Gasteiger partial charge in [-0.3, -0.25) is 9.59 Å². The Kier molecular flexibility index (Phi) is 9.13. The zero-order valence-electron chi connectivity index (χ0n) is 25.5. The molecular formula is C33H38ClF3N4O5. The molecule has 248 valence electrons. The number of hydrogen-bond donors (Lipinski definition) is 2. The molecule has 46 heavy (non-hydrogen) atoms. The summed E-state index contributed by atoms with van der Waals surface area (Å²) in [5.74, 6) is -1.65. The van der Waals surface area contributed by atoms with Crippen LogP contribution in [0.3, 0.4) is 0 Å². The van der Waals surface area contributed by atoms with Crippen LogP contribution in [0, 0.1) is 0 Å². The number of fused-ring (bicyclic) bond motifs is 2. The van der Waals surface area contributed by atoms with Crippen molar-refractivity contribution < 1.29 is 37.4 Å². The highest BCUT2D eigenvalue weighted by Crippen LogP contribution is 2.45. The van der Waals surface area contributed by atoms with Crippen LogP contribution in [0.25, 0.3) is 0 Å². The van der Waals surface area contributed by atoms with Gasteiger partial charge in [0.05, 0.1) is 10.6 Å². The number of halogens is 4. The maximum Gasteiger partial charge on any atom is 0.420 e. The Labute approximate surface area is 270 Å². The number of anilines is 1. The minimum absolute atomic E-state index is 0.00986. The smallest absolute Gasteiger partial charge is 0.420 e. The first-order valence-electron chi connectivity index (χ1n) is 15.9. The van der Waals surface area contributed by atoms with E-state index in [4.69, 9.17) is 16.3 Å². The van der Waals surface area contributed by atoms with E-state index in [1.807, 2.05) is 24.3 Å². The highest BCUT2D eigenvalue weighted by Gasteiger charge is 2.44. The Morgan fingerprint density at radius 3 is 2.37 bits per heavy atom. The number of piperidine rings is 2. The summed E-state index contributed by atoms with van der Waals surface area (Å²) in [6.45, 7) is 3.54. The number of benzene rings is 2. The van der Waals surface area contributed by atoms with E-state index in [0.29, 0.717) is 38.4 Å². The van der Waals surface area contributed by atoms with Gasteiger partial charge in [-0.25, -0.2) is 4.79 Å². The second-order valence-electron chi connectivity index (χ2n) is 12.9. The van der Waals surface area contributed by atoms with Gasteiger partial charge in [-0.05, 0) is 80.9 Å². The number of hydrogen-bond acceptors (Lipinski definition) is 6. The van der Waals surface area contributed by atoms with Crippen LogP contribution < -0.4 is 5.32 Å². The number of aromatic hydroxyl groups is 1. The van der Waals surface area contributed by atoms with Crippen molar-refractivity contribution in [1.29, 1.82) is 0 Å². The van der Waals surface area contributed by atoms with E-state index >= 15 is 0 Å². The number of phenolic OH excluding ortho intramolecular Hbond substituents is 1. The summed E-state index contributed by atoms with van der Waals surface area (Å²) in [4.78, 5) is 45.5. The van der Waals surface area contributed by atoms with E-state index in [-0.39, 0.29) is 31.0 Å². The van der Waals surface area contributed by atoms with E-state index in [0.717, 1.165) is 62.2 Å². The molecule has 4 heterocycles. The number of alkyl halides is 3. The number of ether oxygens (including phenoxy) is 1. The van der Waals surface area contributed by atoms with Crippen LogP contribution in [0.4, 0.5) is 23.7 Å². The molecule has 4 aliphatic heterocycles. The monoisotopic (exact) mass is 662 g/mol. The molecular weight excluding hydrogens is 625 g/mol. The zero-order chi connectivity index (χ0) is 32.6. The van der Waals surface area contributed by atoms with E-state index in [2.05, 4.69) is 10.2 Å². The zero-order valence-corrected chi connectivity index (χ0v) is 26.2. The largest absolute Gasteiger partial charge is 0.506 e. The number of carbonyl (C=O) groups is 3. The first kappa shape index (κ1) is 32.4. The van der Waals surface area contributed by atoms with Gasteiger partial charge in [0.2, 0.25) is 5.91 Å². The lowest BCUT2D eigenvalue weighted by molar-refractivity contribution is -0.142. The van der Waals surface area contributed by atoms with E-state index in [1.165, 1.54) is 4.90 Å². The molecule has 6 rings (SSSR count). The molecule has 0 aliphatic carbocycles. The third-order valence-corrected chi connectivity index (χ3v) is 10.3. The van der Waals surface area contributed by atoms with Crippen LogP contribution in [-0.2, 0) is 32.3 Å². The summed E-state index contributed by atoms with van der Waals surface area (Å²) < 4.78 is 46.8. The first-order chi connectivity index (χ1) is 21.9. The van der Waals surface area contributed by atoms with Crippen molar-refractivity contribution >= 4 is 35.2 Å². The highest BCUT2D eigenvalue weighted by atomic mass is 35.5. The predicted molar refractivity (Wildman–Crippen MR) is 165 cm³/mol. The van der Waals surface area contributed by atoms with Gasteiger partial charge in [-0.2, -0.15) is 13.2 Å². The number of rotatable bonds is 5. The fourth-order valence-corrected chi connectivity index (χ4v) is 7.80. The Hall–Kier alpha value is -3.51. The standard InChI is InChI=1S/C33H38ClF3N4O5/c34-25-18-21(17-24(29(25)43)33(35,36)37)19-27(30(44)40-13-7-22(8-14-40)39-11-3-4-12-39)46-31(45)41-15-9-32(10-16-41)20-28(42)38-26-6-2-1-5-23(26)32/h1-2,5-6,17-18,22,27,43H,3-4,7-16,19-20H2,(H,38,42)/t27-/m1/s1. The maximum absolute atomic E-state index is 13.9. The number of para-hydroxylation sites is 1. The van der Waals surface area contributed by atoms with Crippen molar-refractivity contribution in [2.45, 2.75) is 75.1 Å². The Bertz CT molecular complexity index is 1480. The average Bonchev–Trinajstić information content (AvgIpc) is 3.57. The Morgan fingerprint density at radius 1 is 1.02 bits per heavy atom. The van der Waals surface area contributed by atoms with Crippen LogP contribution in [0.1, 0.15) is 61.6 Å². The third-order valence-electron chi connectivity index (χ3n) is 10.1. The van der Waals surface area contributed by atoms with Crippen molar-refractivity contribution in [3.05, 3.63) is 58.1 Å². The number of phenols is 1. The molecule has 9 nitrogen and oxygen atoms in total. The summed E-state index contributed by atoms with van der Waals surface area (Å²) in [5.41, 5.74) is 0.0478. The van der Waals surface area contributed by atoms with Crippen LogP contribution in [-0.4, -0.2) is 89.1 Å². The number of nitrogens with one attached hydrogen (secondary N) is 1. The van der Waals surface area contributed by atoms with Crippen LogP contribution in [0.2, 0.25) is 5.02 Å². The Balaban J connectivity index is 1.18. The lowest BCUT2D eigenvalue weighted by Gasteiger charge is -2.44.